The number of nitrogens with zero attached hydrogens (tertiary/aromatic N) is 4. The van der Waals surface area contributed by atoms with E-state index in [0.29, 0.717) is 18.1 Å². The summed E-state index contributed by atoms with van der Waals surface area (Å²) in [5, 5.41) is 3.02. The molecule has 5 nitrogen and oxygen atoms in total. The van der Waals surface area contributed by atoms with Gasteiger partial charge in [-0.3, -0.25) is 4.40 Å². The number of hydrogen-bond acceptors (Lipinski definition) is 4. The number of rotatable bonds is 4. The first kappa shape index (κ1) is 14.3. The second-order valence-electron chi connectivity index (χ2n) is 5.30. The van der Waals surface area contributed by atoms with Gasteiger partial charge < -0.3 is 5.32 Å². The van der Waals surface area contributed by atoms with Gasteiger partial charge in [-0.05, 0) is 17.7 Å². The fourth-order valence-electron chi connectivity index (χ4n) is 2.49. The van der Waals surface area contributed by atoms with Gasteiger partial charge in [-0.1, -0.05) is 36.4 Å². The van der Waals surface area contributed by atoms with Crippen molar-refractivity contribution in [1.82, 2.24) is 19.4 Å². The van der Waals surface area contributed by atoms with E-state index < -0.39 is 5.82 Å². The molecule has 0 unspecified atom stereocenters. The van der Waals surface area contributed by atoms with Gasteiger partial charge in [0.05, 0.1) is 12.4 Å². The van der Waals surface area contributed by atoms with Crippen LogP contribution in [0.2, 0.25) is 0 Å². The van der Waals surface area contributed by atoms with Crippen LogP contribution in [-0.2, 0) is 6.54 Å². The van der Waals surface area contributed by atoms with Gasteiger partial charge >= 0.3 is 0 Å². The molecule has 0 saturated carbocycles. The minimum atomic E-state index is -0.483. The quantitative estimate of drug-likeness (QED) is 0.625. The molecule has 3 heterocycles. The van der Waals surface area contributed by atoms with Crippen molar-refractivity contribution in [2.75, 3.05) is 5.32 Å². The molecule has 4 rings (SSSR count). The largest absolute Gasteiger partial charge is 0.363 e. The molecule has 0 atom stereocenters. The number of pyridine rings is 1. The number of imidazole rings is 1. The Kier molecular flexibility index (Phi) is 3.63. The molecule has 24 heavy (non-hydrogen) atoms. The van der Waals surface area contributed by atoms with Crippen LogP contribution in [0.25, 0.3) is 17.2 Å². The van der Waals surface area contributed by atoms with E-state index in [1.165, 1.54) is 6.20 Å². The molecular formula is C18H14FN5. The summed E-state index contributed by atoms with van der Waals surface area (Å²) in [6.45, 7) is 0.487. The molecule has 1 aromatic carbocycles. The lowest BCUT2D eigenvalue weighted by atomic mass is 10.2. The van der Waals surface area contributed by atoms with Gasteiger partial charge in [0.2, 0.25) is 0 Å². The van der Waals surface area contributed by atoms with Crippen LogP contribution in [0, 0.1) is 5.82 Å². The Morgan fingerprint density at radius 2 is 1.79 bits per heavy atom. The lowest BCUT2D eigenvalue weighted by molar-refractivity contribution is 0.617. The predicted molar refractivity (Wildman–Crippen MR) is 89.9 cm³/mol. The SMILES string of the molecule is Fc1cnc(-c2cnc3ccccn23)nc1NCc1ccccc1. The summed E-state index contributed by atoms with van der Waals surface area (Å²) in [6, 6.07) is 15.5. The zero-order valence-electron chi connectivity index (χ0n) is 12.7. The zero-order chi connectivity index (χ0) is 16.4. The average molecular weight is 319 g/mol. The normalized spacial score (nSPS) is 10.9. The molecule has 0 radical (unpaired) electrons. The molecule has 0 saturated heterocycles. The van der Waals surface area contributed by atoms with Crippen molar-refractivity contribution < 1.29 is 4.39 Å². The van der Waals surface area contributed by atoms with Crippen LogP contribution in [0.5, 0.6) is 0 Å². The van der Waals surface area contributed by atoms with E-state index in [1.54, 1.807) is 6.20 Å². The Bertz CT molecular complexity index is 981. The monoisotopic (exact) mass is 319 g/mol. The zero-order valence-corrected chi connectivity index (χ0v) is 12.7. The van der Waals surface area contributed by atoms with Gasteiger partial charge in [0.25, 0.3) is 0 Å². The van der Waals surface area contributed by atoms with E-state index in [9.17, 15) is 4.39 Å². The van der Waals surface area contributed by atoms with Crippen LogP contribution in [-0.4, -0.2) is 19.4 Å². The molecule has 118 valence electrons. The summed E-state index contributed by atoms with van der Waals surface area (Å²) in [5.41, 5.74) is 2.56. The number of aromatic nitrogens is 4. The Morgan fingerprint density at radius 3 is 2.67 bits per heavy atom. The molecule has 0 aliphatic carbocycles. The highest BCUT2D eigenvalue weighted by atomic mass is 19.1. The molecule has 0 amide bonds. The highest BCUT2D eigenvalue weighted by molar-refractivity contribution is 5.58. The van der Waals surface area contributed by atoms with Crippen LogP contribution in [0.15, 0.2) is 67.1 Å². The first-order chi connectivity index (χ1) is 11.8. The van der Waals surface area contributed by atoms with Gasteiger partial charge in [0.15, 0.2) is 17.5 Å². The van der Waals surface area contributed by atoms with E-state index in [-0.39, 0.29) is 5.82 Å². The van der Waals surface area contributed by atoms with Crippen LogP contribution < -0.4 is 5.32 Å². The van der Waals surface area contributed by atoms with Crippen molar-refractivity contribution in [1.29, 1.82) is 0 Å². The number of anilines is 1. The molecule has 1 N–H and O–H groups in total. The van der Waals surface area contributed by atoms with Crippen LogP contribution >= 0.6 is 0 Å². The summed E-state index contributed by atoms with van der Waals surface area (Å²) in [5.74, 6) is 0.115. The molecule has 3 aromatic heterocycles. The third-order valence-corrected chi connectivity index (χ3v) is 3.69. The molecule has 0 aliphatic rings. The smallest absolute Gasteiger partial charge is 0.183 e. The average Bonchev–Trinajstić information content (AvgIpc) is 3.06. The van der Waals surface area contributed by atoms with Crippen molar-refractivity contribution in [3.8, 4) is 11.5 Å². The summed E-state index contributed by atoms with van der Waals surface area (Å²) < 4.78 is 15.9. The number of nitrogens with one attached hydrogen (secondary N) is 1. The second-order valence-corrected chi connectivity index (χ2v) is 5.30. The van der Waals surface area contributed by atoms with Gasteiger partial charge in [-0.25, -0.2) is 19.3 Å². The Hall–Kier alpha value is -3.28. The van der Waals surface area contributed by atoms with E-state index in [4.69, 9.17) is 0 Å². The van der Waals surface area contributed by atoms with Crippen LogP contribution in [0.3, 0.4) is 0 Å². The van der Waals surface area contributed by atoms with Gasteiger partial charge in [-0.15, -0.1) is 0 Å². The topological polar surface area (TPSA) is 55.1 Å². The molecule has 0 aliphatic heterocycles. The van der Waals surface area contributed by atoms with Gasteiger partial charge in [0.1, 0.15) is 11.3 Å². The minimum Gasteiger partial charge on any atom is -0.363 e. The maximum absolute atomic E-state index is 14.0. The third-order valence-electron chi connectivity index (χ3n) is 3.69. The van der Waals surface area contributed by atoms with E-state index in [0.717, 1.165) is 11.2 Å². The van der Waals surface area contributed by atoms with Crippen molar-refractivity contribution in [2.24, 2.45) is 0 Å². The predicted octanol–water partition coefficient (Wildman–Crippen LogP) is 3.54. The van der Waals surface area contributed by atoms with Gasteiger partial charge in [-0.2, -0.15) is 0 Å². The first-order valence-corrected chi connectivity index (χ1v) is 7.54. The van der Waals surface area contributed by atoms with Crippen molar-refractivity contribution in [2.45, 2.75) is 6.54 Å². The van der Waals surface area contributed by atoms with Crippen LogP contribution in [0.1, 0.15) is 5.56 Å². The van der Waals surface area contributed by atoms with Crippen molar-refractivity contribution in [3.05, 3.63) is 78.5 Å². The van der Waals surface area contributed by atoms with E-state index >= 15 is 0 Å². The standard InChI is InChI=1S/C18H14FN5/c19-14-11-22-18(15-12-20-16-8-4-5-9-24(15)16)23-17(14)21-10-13-6-2-1-3-7-13/h1-9,11-12H,10H2,(H,21,22,23). The third kappa shape index (κ3) is 2.69. The highest BCUT2D eigenvalue weighted by Gasteiger charge is 2.12. The summed E-state index contributed by atoms with van der Waals surface area (Å²) in [7, 11) is 0. The maximum atomic E-state index is 14.0. The number of halogens is 1. The summed E-state index contributed by atoms with van der Waals surface area (Å²) in [6.07, 6.45) is 4.74. The number of benzene rings is 1. The Morgan fingerprint density at radius 1 is 0.958 bits per heavy atom. The lowest BCUT2D eigenvalue weighted by Crippen LogP contribution is -2.06. The minimum absolute atomic E-state index is 0.176. The number of fused-ring (bicyclic) bond motifs is 1. The molecule has 0 bridgehead atoms. The molecule has 4 aromatic rings. The van der Waals surface area contributed by atoms with Gasteiger partial charge in [0, 0.05) is 12.7 Å². The molecule has 0 fully saturated rings. The van der Waals surface area contributed by atoms with E-state index in [1.807, 2.05) is 59.1 Å². The Balaban J connectivity index is 1.66. The maximum Gasteiger partial charge on any atom is 0.183 e. The first-order valence-electron chi connectivity index (χ1n) is 7.54. The number of hydrogen-bond donors (Lipinski definition) is 1. The molecular weight excluding hydrogens is 305 g/mol. The molecule has 6 heteroatoms. The van der Waals surface area contributed by atoms with E-state index in [2.05, 4.69) is 20.3 Å². The lowest BCUT2D eigenvalue weighted by Gasteiger charge is -2.08. The van der Waals surface area contributed by atoms with Crippen molar-refractivity contribution in [3.63, 3.8) is 0 Å². The van der Waals surface area contributed by atoms with Crippen LogP contribution in [0.4, 0.5) is 10.2 Å². The second kappa shape index (κ2) is 6.08. The highest BCUT2D eigenvalue weighted by Crippen LogP contribution is 2.20. The van der Waals surface area contributed by atoms with Crippen molar-refractivity contribution >= 4 is 11.5 Å². The fourth-order valence-corrected chi connectivity index (χ4v) is 2.49. The summed E-state index contributed by atoms with van der Waals surface area (Å²) >= 11 is 0. The summed E-state index contributed by atoms with van der Waals surface area (Å²) in [4.78, 5) is 12.7. The Labute approximate surface area is 137 Å². The fraction of sp³-hybridized carbons (Fsp3) is 0.0556. The molecule has 0 spiro atoms.